The molecule has 0 spiro atoms. The molecule has 0 aliphatic carbocycles. The zero-order valence-electron chi connectivity index (χ0n) is 11.9. The average Bonchev–Trinajstić information content (AvgIpc) is 3.09. The zero-order chi connectivity index (χ0) is 14.1. The van der Waals surface area contributed by atoms with Gasteiger partial charge in [0, 0.05) is 18.8 Å². The maximum Gasteiger partial charge on any atom is 0.187 e. The zero-order valence-corrected chi connectivity index (χ0v) is 11.9. The van der Waals surface area contributed by atoms with Crippen LogP contribution in [0.1, 0.15) is 17.7 Å². The Morgan fingerprint density at radius 3 is 2.65 bits per heavy atom. The van der Waals surface area contributed by atoms with Gasteiger partial charge in [0.15, 0.2) is 6.29 Å². The minimum atomic E-state index is -0.352. The van der Waals surface area contributed by atoms with Crippen molar-refractivity contribution in [2.45, 2.75) is 13.2 Å². The molecule has 5 heteroatoms. The lowest BCUT2D eigenvalue weighted by atomic mass is 10.1. The first-order chi connectivity index (χ1) is 9.69. The highest BCUT2D eigenvalue weighted by Gasteiger charge is 2.23. The highest BCUT2D eigenvalue weighted by Crippen LogP contribution is 2.34. The molecule has 0 atom stereocenters. The summed E-state index contributed by atoms with van der Waals surface area (Å²) in [7, 11) is 3.64. The summed E-state index contributed by atoms with van der Waals surface area (Å²) in [5.41, 5.74) is 2.88. The number of aromatic nitrogens is 2. The topological polar surface area (TPSA) is 45.5 Å². The Morgan fingerprint density at radius 2 is 2.05 bits per heavy atom. The number of hydrogen-bond donors (Lipinski definition) is 0. The molecule has 0 bridgehead atoms. The van der Waals surface area contributed by atoms with E-state index in [0.29, 0.717) is 13.2 Å². The van der Waals surface area contributed by atoms with Crippen LogP contribution >= 0.6 is 0 Å². The van der Waals surface area contributed by atoms with Crippen LogP contribution in [-0.2, 0) is 16.5 Å². The largest absolute Gasteiger partial charge is 0.496 e. The Labute approximate surface area is 118 Å². The Balaban J connectivity index is 2.02. The molecule has 1 aliphatic rings. The molecule has 5 nitrogen and oxygen atoms in total. The van der Waals surface area contributed by atoms with Crippen LogP contribution in [0.3, 0.4) is 0 Å². The van der Waals surface area contributed by atoms with E-state index in [-0.39, 0.29) is 6.29 Å². The third kappa shape index (κ3) is 2.30. The molecule has 0 unspecified atom stereocenters. The monoisotopic (exact) mass is 274 g/mol. The van der Waals surface area contributed by atoms with Gasteiger partial charge in [-0.05, 0) is 25.1 Å². The summed E-state index contributed by atoms with van der Waals surface area (Å²) in [5, 5.41) is 0. The number of methoxy groups -OCH3 is 1. The van der Waals surface area contributed by atoms with Crippen molar-refractivity contribution in [2.24, 2.45) is 7.05 Å². The highest BCUT2D eigenvalue weighted by atomic mass is 16.7. The van der Waals surface area contributed by atoms with Gasteiger partial charge in [-0.2, -0.15) is 0 Å². The smallest absolute Gasteiger partial charge is 0.187 e. The molecule has 1 fully saturated rings. The van der Waals surface area contributed by atoms with E-state index in [4.69, 9.17) is 14.2 Å². The Kier molecular flexibility index (Phi) is 3.46. The predicted molar refractivity (Wildman–Crippen MR) is 74.6 cm³/mol. The summed E-state index contributed by atoms with van der Waals surface area (Å²) < 4.78 is 18.5. The number of aryl methyl sites for hydroxylation is 2. The number of rotatable bonds is 3. The average molecular weight is 274 g/mol. The summed E-state index contributed by atoms with van der Waals surface area (Å²) in [6.07, 6.45) is 1.66. The molecule has 3 rings (SSSR count). The van der Waals surface area contributed by atoms with Crippen molar-refractivity contribution in [3.63, 3.8) is 0 Å². The standard InChI is InChI=1S/C15H18N2O3/c1-10-16-13(9-17(10)2)11-4-5-14(18-3)12(8-11)15-19-6-7-20-15/h4-5,8-9,15H,6-7H2,1-3H3. The fourth-order valence-corrected chi connectivity index (χ4v) is 2.31. The Hall–Kier alpha value is -1.85. The second kappa shape index (κ2) is 5.26. The van der Waals surface area contributed by atoms with Crippen LogP contribution in [0.15, 0.2) is 24.4 Å². The van der Waals surface area contributed by atoms with E-state index in [1.54, 1.807) is 7.11 Å². The van der Waals surface area contributed by atoms with E-state index >= 15 is 0 Å². The molecule has 1 aliphatic heterocycles. The first-order valence-corrected chi connectivity index (χ1v) is 6.60. The van der Waals surface area contributed by atoms with Crippen LogP contribution in [0.5, 0.6) is 5.75 Å². The molecule has 20 heavy (non-hydrogen) atoms. The van der Waals surface area contributed by atoms with Gasteiger partial charge in [-0.25, -0.2) is 4.98 Å². The summed E-state index contributed by atoms with van der Waals surface area (Å²) >= 11 is 0. The van der Waals surface area contributed by atoms with Crippen LogP contribution in [0.2, 0.25) is 0 Å². The molecule has 1 aromatic heterocycles. The number of hydrogen-bond acceptors (Lipinski definition) is 4. The van der Waals surface area contributed by atoms with Gasteiger partial charge < -0.3 is 18.8 Å². The van der Waals surface area contributed by atoms with Gasteiger partial charge in [0.1, 0.15) is 11.6 Å². The predicted octanol–water partition coefficient (Wildman–Crippen LogP) is 2.45. The van der Waals surface area contributed by atoms with E-state index in [1.165, 1.54) is 0 Å². The van der Waals surface area contributed by atoms with Crippen molar-refractivity contribution in [1.82, 2.24) is 9.55 Å². The Bertz CT molecular complexity index is 596. The summed E-state index contributed by atoms with van der Waals surface area (Å²) in [6.45, 7) is 3.21. The number of benzene rings is 1. The third-order valence-corrected chi connectivity index (χ3v) is 3.51. The SMILES string of the molecule is COc1ccc(-c2cn(C)c(C)n2)cc1C1OCCO1. The van der Waals surface area contributed by atoms with Gasteiger partial charge >= 0.3 is 0 Å². The van der Waals surface area contributed by atoms with E-state index < -0.39 is 0 Å². The van der Waals surface area contributed by atoms with E-state index in [9.17, 15) is 0 Å². The molecular formula is C15H18N2O3. The van der Waals surface area contributed by atoms with Crippen molar-refractivity contribution >= 4 is 0 Å². The van der Waals surface area contributed by atoms with Crippen LogP contribution in [0.4, 0.5) is 0 Å². The van der Waals surface area contributed by atoms with Gasteiger partial charge in [-0.1, -0.05) is 0 Å². The lowest BCUT2D eigenvalue weighted by Gasteiger charge is -2.14. The number of imidazole rings is 1. The molecule has 1 aromatic carbocycles. The normalized spacial score (nSPS) is 15.8. The van der Waals surface area contributed by atoms with Crippen LogP contribution in [0.25, 0.3) is 11.3 Å². The van der Waals surface area contributed by atoms with Gasteiger partial charge in [-0.3, -0.25) is 0 Å². The van der Waals surface area contributed by atoms with Gasteiger partial charge in [0.05, 0.1) is 31.6 Å². The molecule has 0 N–H and O–H groups in total. The molecule has 2 aromatic rings. The summed E-state index contributed by atoms with van der Waals surface area (Å²) in [4.78, 5) is 4.54. The molecular weight excluding hydrogens is 256 g/mol. The van der Waals surface area contributed by atoms with Crippen molar-refractivity contribution in [3.05, 3.63) is 35.8 Å². The minimum Gasteiger partial charge on any atom is -0.496 e. The Morgan fingerprint density at radius 1 is 1.30 bits per heavy atom. The van der Waals surface area contributed by atoms with Crippen molar-refractivity contribution < 1.29 is 14.2 Å². The van der Waals surface area contributed by atoms with Gasteiger partial charge in [0.25, 0.3) is 0 Å². The summed E-state index contributed by atoms with van der Waals surface area (Å²) in [5.74, 6) is 1.75. The lowest BCUT2D eigenvalue weighted by molar-refractivity contribution is -0.0454. The molecule has 106 valence electrons. The minimum absolute atomic E-state index is 0.352. The highest BCUT2D eigenvalue weighted by molar-refractivity contribution is 5.62. The molecule has 0 radical (unpaired) electrons. The number of nitrogens with zero attached hydrogens (tertiary/aromatic N) is 2. The van der Waals surface area contributed by atoms with Crippen molar-refractivity contribution in [2.75, 3.05) is 20.3 Å². The summed E-state index contributed by atoms with van der Waals surface area (Å²) in [6, 6.07) is 5.95. The van der Waals surface area contributed by atoms with E-state index in [2.05, 4.69) is 4.98 Å². The molecule has 0 saturated carbocycles. The van der Waals surface area contributed by atoms with E-state index in [0.717, 1.165) is 28.4 Å². The maximum absolute atomic E-state index is 5.57. The lowest BCUT2D eigenvalue weighted by Crippen LogP contribution is -2.01. The molecule has 2 heterocycles. The first-order valence-electron chi connectivity index (χ1n) is 6.60. The van der Waals surface area contributed by atoms with Gasteiger partial charge in [0.2, 0.25) is 0 Å². The molecule has 0 amide bonds. The van der Waals surface area contributed by atoms with Crippen molar-refractivity contribution in [1.29, 1.82) is 0 Å². The maximum atomic E-state index is 5.57. The molecule has 1 saturated heterocycles. The fraction of sp³-hybridized carbons (Fsp3) is 0.400. The first kappa shape index (κ1) is 13.1. The van der Waals surface area contributed by atoms with Crippen LogP contribution in [0, 0.1) is 6.92 Å². The third-order valence-electron chi connectivity index (χ3n) is 3.51. The second-order valence-corrected chi connectivity index (χ2v) is 4.81. The fourth-order valence-electron chi connectivity index (χ4n) is 2.31. The van der Waals surface area contributed by atoms with Crippen LogP contribution in [-0.4, -0.2) is 29.9 Å². The quantitative estimate of drug-likeness (QED) is 0.862. The van der Waals surface area contributed by atoms with E-state index in [1.807, 2.05) is 42.9 Å². The van der Waals surface area contributed by atoms with Gasteiger partial charge in [-0.15, -0.1) is 0 Å². The number of ether oxygens (including phenoxy) is 3. The van der Waals surface area contributed by atoms with Crippen molar-refractivity contribution in [3.8, 4) is 17.0 Å². The van der Waals surface area contributed by atoms with Crippen LogP contribution < -0.4 is 4.74 Å². The second-order valence-electron chi connectivity index (χ2n) is 4.81.